The van der Waals surface area contributed by atoms with Crippen molar-refractivity contribution in [3.63, 3.8) is 0 Å². The fourth-order valence-electron chi connectivity index (χ4n) is 2.04. The Labute approximate surface area is 100 Å². The molecule has 2 rings (SSSR count). The van der Waals surface area contributed by atoms with E-state index in [9.17, 15) is 5.11 Å². The topological polar surface area (TPSA) is 25.2 Å². The number of hydrogen-bond acceptors (Lipinski definition) is 1. The van der Waals surface area contributed by atoms with E-state index in [0.29, 0.717) is 6.42 Å². The number of para-hydroxylation sites is 1. The molecular weight excluding hydrogens is 222 g/mol. The summed E-state index contributed by atoms with van der Waals surface area (Å²) in [5, 5.41) is 11.7. The Morgan fingerprint density at radius 1 is 1.38 bits per heavy atom. The van der Waals surface area contributed by atoms with Crippen molar-refractivity contribution in [2.45, 2.75) is 25.9 Å². The summed E-state index contributed by atoms with van der Waals surface area (Å²) >= 11 is 6.16. The van der Waals surface area contributed by atoms with Crippen molar-refractivity contribution in [2.24, 2.45) is 7.05 Å². The third kappa shape index (κ3) is 2.08. The lowest BCUT2D eigenvalue weighted by Gasteiger charge is -2.17. The van der Waals surface area contributed by atoms with Gasteiger partial charge in [-0.05, 0) is 26.0 Å². The van der Waals surface area contributed by atoms with E-state index in [2.05, 4.69) is 10.6 Å². The van der Waals surface area contributed by atoms with Crippen molar-refractivity contribution in [1.29, 1.82) is 0 Å². The minimum Gasteiger partial charge on any atom is -0.390 e. The zero-order chi connectivity index (χ0) is 11.9. The number of halogens is 1. The molecule has 1 N–H and O–H groups in total. The molecule has 0 fully saturated rings. The fourth-order valence-corrected chi connectivity index (χ4v) is 2.34. The van der Waals surface area contributed by atoms with E-state index in [-0.39, 0.29) is 0 Å². The van der Waals surface area contributed by atoms with Crippen molar-refractivity contribution in [2.75, 3.05) is 0 Å². The Hall–Kier alpha value is -0.990. The van der Waals surface area contributed by atoms with Gasteiger partial charge in [0.1, 0.15) is 0 Å². The maximum Gasteiger partial charge on any atom is 0.0669 e. The summed E-state index contributed by atoms with van der Waals surface area (Å²) < 4.78 is 2.05. The minimum absolute atomic E-state index is 0.620. The summed E-state index contributed by atoms with van der Waals surface area (Å²) in [7, 11) is 1.98. The first-order chi connectivity index (χ1) is 7.38. The van der Waals surface area contributed by atoms with Crippen LogP contribution in [-0.4, -0.2) is 15.3 Å². The van der Waals surface area contributed by atoms with E-state index in [1.54, 1.807) is 0 Å². The normalized spacial score (nSPS) is 12.3. The second-order valence-corrected chi connectivity index (χ2v) is 5.27. The SMILES string of the molecule is Cn1c(CC(C)(C)O)cc2cccc(Cl)c21. The van der Waals surface area contributed by atoms with E-state index in [1.165, 1.54) is 0 Å². The Morgan fingerprint density at radius 3 is 2.62 bits per heavy atom. The van der Waals surface area contributed by atoms with Crippen molar-refractivity contribution in [1.82, 2.24) is 4.57 Å². The third-order valence-corrected chi connectivity index (χ3v) is 3.03. The van der Waals surface area contributed by atoms with Crippen LogP contribution in [0.1, 0.15) is 19.5 Å². The highest BCUT2D eigenvalue weighted by molar-refractivity contribution is 6.35. The summed E-state index contributed by atoms with van der Waals surface area (Å²) in [4.78, 5) is 0. The number of nitrogens with zero attached hydrogens (tertiary/aromatic N) is 1. The van der Waals surface area contributed by atoms with Crippen LogP contribution < -0.4 is 0 Å². The molecule has 2 aromatic rings. The zero-order valence-corrected chi connectivity index (χ0v) is 10.5. The predicted octanol–water partition coefficient (Wildman–Crippen LogP) is 3.15. The highest BCUT2D eigenvalue weighted by Crippen LogP contribution is 2.27. The van der Waals surface area contributed by atoms with Crippen LogP contribution in [0, 0.1) is 0 Å². The van der Waals surface area contributed by atoms with Gasteiger partial charge in [-0.3, -0.25) is 0 Å². The van der Waals surface area contributed by atoms with E-state index < -0.39 is 5.60 Å². The molecule has 1 aromatic heterocycles. The van der Waals surface area contributed by atoms with Gasteiger partial charge in [0, 0.05) is 24.5 Å². The van der Waals surface area contributed by atoms with Crippen molar-refractivity contribution in [3.8, 4) is 0 Å². The second kappa shape index (κ2) is 3.79. The Morgan fingerprint density at radius 2 is 2.06 bits per heavy atom. The van der Waals surface area contributed by atoms with Crippen LogP contribution in [0.3, 0.4) is 0 Å². The fraction of sp³-hybridized carbons (Fsp3) is 0.385. The number of aliphatic hydroxyl groups is 1. The molecule has 0 spiro atoms. The molecule has 0 unspecified atom stereocenters. The average molecular weight is 238 g/mol. The summed E-state index contributed by atoms with van der Waals surface area (Å²) in [5.41, 5.74) is 1.42. The number of fused-ring (bicyclic) bond motifs is 1. The van der Waals surface area contributed by atoms with Gasteiger partial charge in [-0.1, -0.05) is 23.7 Å². The molecule has 0 saturated heterocycles. The van der Waals surface area contributed by atoms with Gasteiger partial charge in [0.15, 0.2) is 0 Å². The Kier molecular flexibility index (Phi) is 2.72. The predicted molar refractivity (Wildman–Crippen MR) is 67.9 cm³/mol. The summed E-state index contributed by atoms with van der Waals surface area (Å²) in [6.07, 6.45) is 0.620. The van der Waals surface area contributed by atoms with Crippen LogP contribution in [0.2, 0.25) is 5.02 Å². The molecule has 0 saturated carbocycles. The molecule has 0 aliphatic carbocycles. The van der Waals surface area contributed by atoms with E-state index in [1.807, 2.05) is 39.1 Å². The maximum absolute atomic E-state index is 9.84. The van der Waals surface area contributed by atoms with E-state index >= 15 is 0 Å². The average Bonchev–Trinajstić information content (AvgIpc) is 2.42. The monoisotopic (exact) mass is 237 g/mol. The highest BCUT2D eigenvalue weighted by Gasteiger charge is 2.17. The van der Waals surface area contributed by atoms with Gasteiger partial charge in [0.2, 0.25) is 0 Å². The largest absolute Gasteiger partial charge is 0.390 e. The van der Waals surface area contributed by atoms with Crippen LogP contribution in [0.25, 0.3) is 10.9 Å². The molecule has 1 aromatic carbocycles. The first-order valence-electron chi connectivity index (χ1n) is 5.34. The number of rotatable bonds is 2. The molecule has 86 valence electrons. The molecule has 0 radical (unpaired) electrons. The van der Waals surface area contributed by atoms with Gasteiger partial charge < -0.3 is 9.67 Å². The number of benzene rings is 1. The van der Waals surface area contributed by atoms with Crippen LogP contribution in [0.4, 0.5) is 0 Å². The molecule has 0 aliphatic rings. The van der Waals surface area contributed by atoms with Crippen molar-refractivity contribution < 1.29 is 5.11 Å². The molecule has 0 amide bonds. The number of aromatic nitrogens is 1. The van der Waals surface area contributed by atoms with Gasteiger partial charge in [0.05, 0.1) is 16.1 Å². The maximum atomic E-state index is 9.84. The molecule has 3 heteroatoms. The molecule has 0 atom stereocenters. The minimum atomic E-state index is -0.700. The number of hydrogen-bond donors (Lipinski definition) is 1. The van der Waals surface area contributed by atoms with Crippen LogP contribution in [0.5, 0.6) is 0 Å². The zero-order valence-electron chi connectivity index (χ0n) is 9.79. The van der Waals surface area contributed by atoms with Crippen molar-refractivity contribution >= 4 is 22.5 Å². The quantitative estimate of drug-likeness (QED) is 0.853. The standard InChI is InChI=1S/C13H16ClNO/c1-13(2,16)8-10-7-9-5-4-6-11(14)12(9)15(10)3/h4-7,16H,8H2,1-3H3. The Bertz CT molecular complexity index is 522. The van der Waals surface area contributed by atoms with E-state index in [0.717, 1.165) is 21.6 Å². The lowest BCUT2D eigenvalue weighted by Crippen LogP contribution is -2.23. The van der Waals surface area contributed by atoms with Crippen LogP contribution in [0.15, 0.2) is 24.3 Å². The van der Waals surface area contributed by atoms with Crippen LogP contribution >= 0.6 is 11.6 Å². The molecule has 0 bridgehead atoms. The highest BCUT2D eigenvalue weighted by atomic mass is 35.5. The van der Waals surface area contributed by atoms with Crippen LogP contribution in [-0.2, 0) is 13.5 Å². The van der Waals surface area contributed by atoms with Gasteiger partial charge in [0.25, 0.3) is 0 Å². The molecule has 1 heterocycles. The molecule has 0 aliphatic heterocycles. The van der Waals surface area contributed by atoms with Gasteiger partial charge >= 0.3 is 0 Å². The third-order valence-electron chi connectivity index (χ3n) is 2.72. The molecular formula is C13H16ClNO. The molecule has 2 nitrogen and oxygen atoms in total. The summed E-state index contributed by atoms with van der Waals surface area (Å²) in [6, 6.07) is 7.95. The lowest BCUT2D eigenvalue weighted by molar-refractivity contribution is 0.0793. The van der Waals surface area contributed by atoms with E-state index in [4.69, 9.17) is 11.6 Å². The summed E-state index contributed by atoms with van der Waals surface area (Å²) in [5.74, 6) is 0. The van der Waals surface area contributed by atoms with Gasteiger partial charge in [-0.2, -0.15) is 0 Å². The van der Waals surface area contributed by atoms with Gasteiger partial charge in [-0.25, -0.2) is 0 Å². The number of aryl methyl sites for hydroxylation is 1. The first kappa shape index (κ1) is 11.5. The van der Waals surface area contributed by atoms with Crippen molar-refractivity contribution in [3.05, 3.63) is 35.0 Å². The second-order valence-electron chi connectivity index (χ2n) is 4.86. The summed E-state index contributed by atoms with van der Waals surface area (Å²) in [6.45, 7) is 3.62. The smallest absolute Gasteiger partial charge is 0.0669 e. The lowest BCUT2D eigenvalue weighted by atomic mass is 10.0. The first-order valence-corrected chi connectivity index (χ1v) is 5.71. The molecule has 16 heavy (non-hydrogen) atoms. The van der Waals surface area contributed by atoms with Gasteiger partial charge in [-0.15, -0.1) is 0 Å². The Balaban J connectivity index is 2.57.